The van der Waals surface area contributed by atoms with E-state index < -0.39 is 0 Å². The van der Waals surface area contributed by atoms with Crippen LogP contribution in [0.5, 0.6) is 0 Å². The number of nitro groups is 1. The molecule has 5 nitrogen and oxygen atoms in total. The number of nitrogens with zero attached hydrogens (tertiary/aromatic N) is 1. The van der Waals surface area contributed by atoms with Crippen molar-refractivity contribution in [2.45, 2.75) is 26.3 Å². The molecule has 2 rings (SSSR count). The molecule has 1 heterocycles. The SMILES string of the molecule is CCC(Nc1ccc([N+](=O)[O-])cc1C)c1ccco1. The Hall–Kier alpha value is -2.30. The molecule has 0 bridgehead atoms. The van der Waals surface area contributed by atoms with Crippen LogP contribution in [0.4, 0.5) is 11.4 Å². The summed E-state index contributed by atoms with van der Waals surface area (Å²) in [7, 11) is 0. The smallest absolute Gasteiger partial charge is 0.269 e. The molecule has 1 aromatic heterocycles. The fourth-order valence-corrected chi connectivity index (χ4v) is 1.97. The zero-order valence-electron chi connectivity index (χ0n) is 10.9. The van der Waals surface area contributed by atoms with Gasteiger partial charge in [0, 0.05) is 17.8 Å². The summed E-state index contributed by atoms with van der Waals surface area (Å²) in [6.45, 7) is 3.91. The number of rotatable bonds is 5. The molecule has 100 valence electrons. The van der Waals surface area contributed by atoms with Gasteiger partial charge in [0.1, 0.15) is 5.76 Å². The van der Waals surface area contributed by atoms with E-state index in [2.05, 4.69) is 12.2 Å². The Kier molecular flexibility index (Phi) is 3.85. The number of non-ortho nitro benzene ring substituents is 1. The predicted molar refractivity (Wildman–Crippen MR) is 73.2 cm³/mol. The molecule has 0 spiro atoms. The Balaban J connectivity index is 2.21. The first kappa shape index (κ1) is 13.1. The van der Waals surface area contributed by atoms with Gasteiger partial charge >= 0.3 is 0 Å². The van der Waals surface area contributed by atoms with Gasteiger partial charge < -0.3 is 9.73 Å². The summed E-state index contributed by atoms with van der Waals surface area (Å²) >= 11 is 0. The third-order valence-electron chi connectivity index (χ3n) is 3.05. The van der Waals surface area contributed by atoms with Crippen molar-refractivity contribution in [1.29, 1.82) is 0 Å². The lowest BCUT2D eigenvalue weighted by Gasteiger charge is -2.17. The fourth-order valence-electron chi connectivity index (χ4n) is 1.97. The zero-order chi connectivity index (χ0) is 13.8. The van der Waals surface area contributed by atoms with Crippen molar-refractivity contribution in [2.24, 2.45) is 0 Å². The lowest BCUT2D eigenvalue weighted by molar-refractivity contribution is -0.384. The third kappa shape index (κ3) is 2.93. The molecule has 1 atom stereocenters. The van der Waals surface area contributed by atoms with Crippen molar-refractivity contribution in [3.63, 3.8) is 0 Å². The minimum atomic E-state index is -0.388. The summed E-state index contributed by atoms with van der Waals surface area (Å²) in [6.07, 6.45) is 2.51. The van der Waals surface area contributed by atoms with E-state index in [1.807, 2.05) is 19.1 Å². The van der Waals surface area contributed by atoms with Gasteiger partial charge in [0.2, 0.25) is 0 Å². The van der Waals surface area contributed by atoms with Gasteiger partial charge in [-0.05, 0) is 37.1 Å². The summed E-state index contributed by atoms with van der Waals surface area (Å²) in [5.74, 6) is 0.861. The minimum absolute atomic E-state index is 0.0650. The van der Waals surface area contributed by atoms with Crippen LogP contribution in [0, 0.1) is 17.0 Å². The second kappa shape index (κ2) is 5.56. The Morgan fingerprint density at radius 2 is 2.21 bits per heavy atom. The van der Waals surface area contributed by atoms with E-state index in [1.54, 1.807) is 18.4 Å². The number of anilines is 1. The van der Waals surface area contributed by atoms with Crippen LogP contribution in [0.3, 0.4) is 0 Å². The first-order valence-electron chi connectivity index (χ1n) is 6.16. The normalized spacial score (nSPS) is 12.1. The molecule has 0 fully saturated rings. The number of nitrogens with one attached hydrogen (secondary N) is 1. The van der Waals surface area contributed by atoms with Crippen LogP contribution in [-0.2, 0) is 0 Å². The number of hydrogen-bond donors (Lipinski definition) is 1. The molecular formula is C14H16N2O3. The Morgan fingerprint density at radius 1 is 1.42 bits per heavy atom. The average Bonchev–Trinajstić information content (AvgIpc) is 2.91. The molecule has 0 radical (unpaired) electrons. The molecule has 1 unspecified atom stereocenters. The fraction of sp³-hybridized carbons (Fsp3) is 0.286. The number of furan rings is 1. The van der Waals surface area contributed by atoms with Gasteiger partial charge in [0.05, 0.1) is 17.2 Å². The van der Waals surface area contributed by atoms with Crippen molar-refractivity contribution in [1.82, 2.24) is 0 Å². The van der Waals surface area contributed by atoms with Gasteiger partial charge in [-0.3, -0.25) is 10.1 Å². The quantitative estimate of drug-likeness (QED) is 0.650. The van der Waals surface area contributed by atoms with Crippen molar-refractivity contribution in [3.8, 4) is 0 Å². The maximum absolute atomic E-state index is 10.7. The van der Waals surface area contributed by atoms with Gasteiger partial charge in [0.25, 0.3) is 5.69 Å². The highest BCUT2D eigenvalue weighted by Crippen LogP contribution is 2.27. The highest BCUT2D eigenvalue weighted by Gasteiger charge is 2.14. The highest BCUT2D eigenvalue weighted by atomic mass is 16.6. The Labute approximate surface area is 111 Å². The summed E-state index contributed by atoms with van der Waals surface area (Å²) in [4.78, 5) is 10.3. The van der Waals surface area contributed by atoms with Gasteiger partial charge in [-0.25, -0.2) is 0 Å². The monoisotopic (exact) mass is 260 g/mol. The van der Waals surface area contributed by atoms with E-state index in [4.69, 9.17) is 4.42 Å². The number of hydrogen-bond acceptors (Lipinski definition) is 4. The van der Waals surface area contributed by atoms with E-state index in [-0.39, 0.29) is 16.7 Å². The second-order valence-corrected chi connectivity index (χ2v) is 4.38. The van der Waals surface area contributed by atoms with Crippen molar-refractivity contribution in [2.75, 3.05) is 5.32 Å². The second-order valence-electron chi connectivity index (χ2n) is 4.38. The molecule has 0 saturated heterocycles. The maximum Gasteiger partial charge on any atom is 0.269 e. The van der Waals surface area contributed by atoms with Gasteiger partial charge in [0.15, 0.2) is 0 Å². The van der Waals surface area contributed by atoms with E-state index in [9.17, 15) is 10.1 Å². The number of aryl methyl sites for hydroxylation is 1. The average molecular weight is 260 g/mol. The molecule has 2 aromatic rings. The van der Waals surface area contributed by atoms with Crippen molar-refractivity contribution >= 4 is 11.4 Å². The molecule has 1 N–H and O–H groups in total. The maximum atomic E-state index is 10.7. The summed E-state index contributed by atoms with van der Waals surface area (Å²) in [5.41, 5.74) is 1.84. The molecule has 1 aromatic carbocycles. The van der Waals surface area contributed by atoms with Crippen molar-refractivity contribution < 1.29 is 9.34 Å². The first-order chi connectivity index (χ1) is 9.11. The molecule has 5 heteroatoms. The van der Waals surface area contributed by atoms with Crippen LogP contribution in [0.25, 0.3) is 0 Å². The van der Waals surface area contributed by atoms with E-state index in [0.717, 1.165) is 23.4 Å². The van der Waals surface area contributed by atoms with E-state index >= 15 is 0 Å². The Morgan fingerprint density at radius 3 is 2.74 bits per heavy atom. The van der Waals surface area contributed by atoms with Crippen LogP contribution >= 0.6 is 0 Å². The largest absolute Gasteiger partial charge is 0.467 e. The van der Waals surface area contributed by atoms with E-state index in [0.29, 0.717) is 0 Å². The summed E-state index contributed by atoms with van der Waals surface area (Å²) in [5, 5.41) is 14.0. The minimum Gasteiger partial charge on any atom is -0.467 e. The zero-order valence-corrected chi connectivity index (χ0v) is 10.9. The molecule has 0 aliphatic rings. The summed E-state index contributed by atoms with van der Waals surface area (Å²) in [6, 6.07) is 8.64. The number of nitro benzene ring substituents is 1. The van der Waals surface area contributed by atoms with Crippen LogP contribution in [-0.4, -0.2) is 4.92 Å². The lowest BCUT2D eigenvalue weighted by Crippen LogP contribution is -2.09. The topological polar surface area (TPSA) is 68.3 Å². The van der Waals surface area contributed by atoms with Gasteiger partial charge in [-0.1, -0.05) is 6.92 Å². The summed E-state index contributed by atoms with van der Waals surface area (Å²) < 4.78 is 5.39. The third-order valence-corrected chi connectivity index (χ3v) is 3.05. The molecule has 0 amide bonds. The molecule has 0 aliphatic heterocycles. The highest BCUT2D eigenvalue weighted by molar-refractivity contribution is 5.56. The van der Waals surface area contributed by atoms with Crippen molar-refractivity contribution in [3.05, 3.63) is 58.0 Å². The van der Waals surface area contributed by atoms with Crippen LogP contribution in [0.2, 0.25) is 0 Å². The molecule has 0 saturated carbocycles. The van der Waals surface area contributed by atoms with Gasteiger partial charge in [-0.2, -0.15) is 0 Å². The van der Waals surface area contributed by atoms with Crippen LogP contribution < -0.4 is 5.32 Å². The molecule has 0 aliphatic carbocycles. The standard InChI is InChI=1S/C14H16N2O3/c1-3-12(14-5-4-8-19-14)15-13-7-6-11(16(17)18)9-10(13)2/h4-9,12,15H,3H2,1-2H3. The number of benzene rings is 1. The Bertz CT molecular complexity index is 564. The van der Waals surface area contributed by atoms with Crippen LogP contribution in [0.15, 0.2) is 41.0 Å². The van der Waals surface area contributed by atoms with Gasteiger partial charge in [-0.15, -0.1) is 0 Å². The molecular weight excluding hydrogens is 244 g/mol. The molecule has 19 heavy (non-hydrogen) atoms. The first-order valence-corrected chi connectivity index (χ1v) is 6.16. The lowest BCUT2D eigenvalue weighted by atomic mass is 10.1. The van der Waals surface area contributed by atoms with Crippen LogP contribution in [0.1, 0.15) is 30.7 Å². The predicted octanol–water partition coefficient (Wildman–Crippen LogP) is 4.06. The van der Waals surface area contributed by atoms with E-state index in [1.165, 1.54) is 6.07 Å².